The van der Waals surface area contributed by atoms with Crippen molar-refractivity contribution < 1.29 is 13.2 Å². The number of amides is 1. The van der Waals surface area contributed by atoms with E-state index in [1.165, 1.54) is 18.2 Å². The molecule has 0 fully saturated rings. The Morgan fingerprint density at radius 1 is 1.40 bits per heavy atom. The molecular weight excluding hydrogens is 308 g/mol. The summed E-state index contributed by atoms with van der Waals surface area (Å²) in [4.78, 5) is 11.7. The summed E-state index contributed by atoms with van der Waals surface area (Å²) in [5.41, 5.74) is 0.482. The molecule has 0 spiro atoms. The fourth-order valence-electron chi connectivity index (χ4n) is 1.33. The maximum atomic E-state index is 11.7. The Balaban J connectivity index is 2.23. The smallest absolute Gasteiger partial charge is 0.297 e. The van der Waals surface area contributed by atoms with Crippen LogP contribution in [0, 0.1) is 0 Å². The lowest BCUT2D eigenvalue weighted by molar-refractivity contribution is 0.101. The molecule has 2 aromatic rings. The molecule has 1 aromatic carbocycles. The third-order valence-electron chi connectivity index (χ3n) is 2.07. The Morgan fingerprint density at radius 3 is 2.75 bits per heavy atom. The molecule has 0 saturated carbocycles. The molecule has 0 radical (unpaired) electrons. The van der Waals surface area contributed by atoms with Gasteiger partial charge in [0.25, 0.3) is 11.7 Å². The van der Waals surface area contributed by atoms with E-state index < -0.39 is 15.9 Å². The van der Waals surface area contributed by atoms with E-state index in [1.54, 1.807) is 0 Å². The van der Waals surface area contributed by atoms with Crippen LogP contribution in [0.1, 0.15) is 10.6 Å². The Hall–Kier alpha value is -2.20. The maximum Gasteiger partial charge on any atom is 0.297 e. The highest BCUT2D eigenvalue weighted by Gasteiger charge is 2.13. The quantitative estimate of drug-likeness (QED) is 0.752. The minimum Gasteiger partial charge on any atom is -0.318 e. The van der Waals surface area contributed by atoms with E-state index in [9.17, 15) is 13.2 Å². The average Bonchev–Trinajstić information content (AvgIpc) is 2.85. The number of tetrazole rings is 1. The van der Waals surface area contributed by atoms with Crippen molar-refractivity contribution in [2.24, 2.45) is 0 Å². The Labute approximate surface area is 118 Å². The van der Waals surface area contributed by atoms with E-state index in [-0.39, 0.29) is 22.2 Å². The predicted molar refractivity (Wildman–Crippen MR) is 72.0 cm³/mol. The van der Waals surface area contributed by atoms with Crippen molar-refractivity contribution in [3.05, 3.63) is 29.0 Å². The van der Waals surface area contributed by atoms with Crippen LogP contribution in [0.3, 0.4) is 0 Å². The number of carbonyl (C=O) groups is 1. The molecule has 2 rings (SSSR count). The number of nitrogens with zero attached hydrogens (tertiary/aromatic N) is 3. The van der Waals surface area contributed by atoms with E-state index >= 15 is 0 Å². The van der Waals surface area contributed by atoms with Crippen molar-refractivity contribution >= 4 is 38.9 Å². The van der Waals surface area contributed by atoms with Crippen LogP contribution in [-0.4, -0.2) is 41.2 Å². The number of rotatable bonds is 4. The largest absolute Gasteiger partial charge is 0.318 e. The Morgan fingerprint density at radius 2 is 2.15 bits per heavy atom. The van der Waals surface area contributed by atoms with Gasteiger partial charge in [-0.2, -0.15) is 5.21 Å². The molecule has 0 aliphatic carbocycles. The molecule has 3 N–H and O–H groups in total. The first-order chi connectivity index (χ1) is 9.35. The molecule has 0 bridgehead atoms. The number of sulfonamides is 1. The van der Waals surface area contributed by atoms with Gasteiger partial charge in [0.05, 0.1) is 22.7 Å². The zero-order chi connectivity index (χ0) is 14.8. The molecule has 0 unspecified atom stereocenters. The van der Waals surface area contributed by atoms with Crippen LogP contribution in [0.15, 0.2) is 18.2 Å². The predicted octanol–water partition coefficient (Wildman–Crippen LogP) is 0.477. The number of aromatic nitrogens is 4. The first-order valence-electron chi connectivity index (χ1n) is 5.17. The van der Waals surface area contributed by atoms with E-state index in [2.05, 4.69) is 30.7 Å². The molecule has 0 aliphatic rings. The number of nitrogens with one attached hydrogen (secondary N) is 3. The summed E-state index contributed by atoms with van der Waals surface area (Å²) in [5.74, 6) is -0.792. The lowest BCUT2D eigenvalue weighted by atomic mass is 10.3. The van der Waals surface area contributed by atoms with Crippen LogP contribution in [0.4, 0.5) is 11.4 Å². The van der Waals surface area contributed by atoms with Crippen LogP contribution < -0.4 is 10.0 Å². The number of hydrogen-bond donors (Lipinski definition) is 3. The van der Waals surface area contributed by atoms with Crippen LogP contribution in [0.2, 0.25) is 5.02 Å². The van der Waals surface area contributed by atoms with Gasteiger partial charge in [0, 0.05) is 0 Å². The van der Waals surface area contributed by atoms with Gasteiger partial charge >= 0.3 is 0 Å². The first kappa shape index (κ1) is 14.2. The molecule has 20 heavy (non-hydrogen) atoms. The minimum absolute atomic E-state index is 0.164. The topological polar surface area (TPSA) is 130 Å². The highest BCUT2D eigenvalue weighted by Crippen LogP contribution is 2.26. The second-order valence-electron chi connectivity index (χ2n) is 3.76. The van der Waals surface area contributed by atoms with Crippen LogP contribution in [0.25, 0.3) is 0 Å². The van der Waals surface area contributed by atoms with Crippen LogP contribution in [-0.2, 0) is 10.0 Å². The van der Waals surface area contributed by atoms with Gasteiger partial charge in [-0.3, -0.25) is 9.52 Å². The summed E-state index contributed by atoms with van der Waals surface area (Å²) in [5, 5.41) is 15.1. The number of benzene rings is 1. The fraction of sp³-hybridized carbons (Fsp3) is 0.111. The van der Waals surface area contributed by atoms with Gasteiger partial charge < -0.3 is 5.32 Å². The van der Waals surface area contributed by atoms with Gasteiger partial charge in [0.1, 0.15) is 0 Å². The van der Waals surface area contributed by atoms with Gasteiger partial charge in [-0.15, -0.1) is 10.2 Å². The van der Waals surface area contributed by atoms with Crippen molar-refractivity contribution in [1.82, 2.24) is 20.6 Å². The van der Waals surface area contributed by atoms with Gasteiger partial charge in [-0.05, 0) is 23.4 Å². The molecule has 0 atom stereocenters. The van der Waals surface area contributed by atoms with Gasteiger partial charge in [-0.25, -0.2) is 8.42 Å². The molecule has 9 nitrogen and oxygen atoms in total. The third kappa shape index (κ3) is 3.65. The lowest BCUT2D eigenvalue weighted by Gasteiger charge is -2.09. The number of aromatic amines is 1. The normalized spacial score (nSPS) is 11.1. The number of carbonyl (C=O) groups excluding carboxylic acids is 1. The van der Waals surface area contributed by atoms with Crippen molar-refractivity contribution in [1.29, 1.82) is 0 Å². The highest BCUT2D eigenvalue weighted by atomic mass is 35.5. The molecule has 1 aromatic heterocycles. The van der Waals surface area contributed by atoms with Crippen LogP contribution >= 0.6 is 11.6 Å². The first-order valence-corrected chi connectivity index (χ1v) is 7.44. The van der Waals surface area contributed by atoms with Crippen molar-refractivity contribution in [3.8, 4) is 0 Å². The minimum atomic E-state index is -3.42. The molecule has 0 aliphatic heterocycles. The summed E-state index contributed by atoms with van der Waals surface area (Å²) < 4.78 is 24.6. The molecule has 1 amide bonds. The number of halogens is 1. The molecule has 106 valence electrons. The third-order valence-corrected chi connectivity index (χ3v) is 3.00. The van der Waals surface area contributed by atoms with E-state index in [0.29, 0.717) is 0 Å². The standard InChI is InChI=1S/C9H9ClN6O3S/c1-20(18,19)14-5-2-3-6(10)7(4-5)11-9(17)8-12-15-16-13-8/h2-4,14H,1H3,(H,11,17)(H,12,13,15,16). The van der Waals surface area contributed by atoms with E-state index in [4.69, 9.17) is 11.6 Å². The zero-order valence-electron chi connectivity index (χ0n) is 10.1. The zero-order valence-corrected chi connectivity index (χ0v) is 11.7. The summed E-state index contributed by atoms with van der Waals surface area (Å²) in [7, 11) is -3.42. The van der Waals surface area contributed by atoms with E-state index in [1.807, 2.05) is 0 Å². The summed E-state index contributed by atoms with van der Waals surface area (Å²) in [6.07, 6.45) is 1.01. The number of anilines is 2. The molecule has 0 saturated heterocycles. The van der Waals surface area contributed by atoms with Gasteiger partial charge in [-0.1, -0.05) is 11.6 Å². The summed E-state index contributed by atoms with van der Waals surface area (Å²) >= 11 is 5.92. The Bertz CT molecular complexity index is 730. The SMILES string of the molecule is CS(=O)(=O)Nc1ccc(Cl)c(NC(=O)c2nn[nH]n2)c1. The lowest BCUT2D eigenvalue weighted by Crippen LogP contribution is -2.15. The van der Waals surface area contributed by atoms with Gasteiger partial charge in [0.2, 0.25) is 10.0 Å². The summed E-state index contributed by atoms with van der Waals surface area (Å²) in [6, 6.07) is 4.29. The molecule has 11 heteroatoms. The van der Waals surface area contributed by atoms with E-state index in [0.717, 1.165) is 6.26 Å². The highest BCUT2D eigenvalue weighted by molar-refractivity contribution is 7.92. The van der Waals surface area contributed by atoms with Crippen LogP contribution in [0.5, 0.6) is 0 Å². The molecular formula is C9H9ClN6O3S. The van der Waals surface area contributed by atoms with Crippen molar-refractivity contribution in [2.75, 3.05) is 16.3 Å². The monoisotopic (exact) mass is 316 g/mol. The number of hydrogen-bond acceptors (Lipinski definition) is 6. The second-order valence-corrected chi connectivity index (χ2v) is 5.91. The number of H-pyrrole nitrogens is 1. The van der Waals surface area contributed by atoms with Gasteiger partial charge in [0.15, 0.2) is 0 Å². The Kier molecular flexibility index (Phi) is 3.86. The maximum absolute atomic E-state index is 11.7. The van der Waals surface area contributed by atoms with Crippen molar-refractivity contribution in [2.45, 2.75) is 0 Å². The fourth-order valence-corrected chi connectivity index (χ4v) is 2.05. The molecule has 1 heterocycles. The summed E-state index contributed by atoms with van der Waals surface area (Å²) in [6.45, 7) is 0. The second kappa shape index (κ2) is 5.43. The van der Waals surface area contributed by atoms with Crippen molar-refractivity contribution in [3.63, 3.8) is 0 Å². The average molecular weight is 317 g/mol.